The van der Waals surface area contributed by atoms with Crippen molar-refractivity contribution in [2.45, 2.75) is 51.2 Å². The number of sulfonamides is 1. The average molecular weight is 317 g/mol. The molecule has 1 aromatic rings. The topological polar surface area (TPSA) is 72.4 Å². The number of methoxy groups -OCH3 is 1. The molecule has 0 aliphatic carbocycles. The summed E-state index contributed by atoms with van der Waals surface area (Å²) in [6.07, 6.45) is 2.66. The minimum absolute atomic E-state index is 0.275. The van der Waals surface area contributed by atoms with E-state index in [4.69, 9.17) is 4.74 Å². The molecule has 7 heteroatoms. The molecule has 0 amide bonds. The molecule has 1 heterocycles. The van der Waals surface area contributed by atoms with Gasteiger partial charge in [-0.25, -0.2) is 13.1 Å². The minimum atomic E-state index is -3.47. The van der Waals surface area contributed by atoms with E-state index < -0.39 is 10.0 Å². The van der Waals surface area contributed by atoms with Crippen molar-refractivity contribution < 1.29 is 13.2 Å². The van der Waals surface area contributed by atoms with E-state index in [0.29, 0.717) is 24.1 Å². The van der Waals surface area contributed by atoms with Crippen LogP contribution in [0.1, 0.15) is 32.9 Å². The fourth-order valence-corrected chi connectivity index (χ4v) is 3.02. The molecule has 0 bridgehead atoms. The molecule has 0 saturated heterocycles. The molecule has 0 aliphatic heterocycles. The zero-order valence-electron chi connectivity index (χ0n) is 13.3. The second-order valence-electron chi connectivity index (χ2n) is 5.29. The number of rotatable bonds is 10. The van der Waals surface area contributed by atoms with Crippen LogP contribution in [-0.2, 0) is 27.8 Å². The van der Waals surface area contributed by atoms with E-state index in [-0.39, 0.29) is 6.54 Å². The van der Waals surface area contributed by atoms with Crippen molar-refractivity contribution in [2.75, 3.05) is 20.3 Å². The molecule has 0 aromatic carbocycles. The molecule has 1 aromatic heterocycles. The molecule has 0 spiro atoms. The molecule has 21 heavy (non-hydrogen) atoms. The van der Waals surface area contributed by atoms with Crippen molar-refractivity contribution in [2.24, 2.45) is 0 Å². The van der Waals surface area contributed by atoms with Crippen LogP contribution in [0.4, 0.5) is 0 Å². The van der Waals surface area contributed by atoms with Crippen molar-refractivity contribution in [1.82, 2.24) is 14.6 Å². The van der Waals surface area contributed by atoms with Crippen molar-refractivity contribution in [3.63, 3.8) is 0 Å². The Labute approximate surface area is 127 Å². The first-order chi connectivity index (χ1) is 9.90. The molecule has 0 fully saturated rings. The Balaban J connectivity index is 2.89. The van der Waals surface area contributed by atoms with E-state index in [9.17, 15) is 8.42 Å². The molecule has 0 unspecified atom stereocenters. The predicted molar refractivity (Wildman–Crippen MR) is 83.8 cm³/mol. The first kappa shape index (κ1) is 18.2. The van der Waals surface area contributed by atoms with E-state index in [1.807, 2.05) is 4.57 Å². The van der Waals surface area contributed by atoms with Crippen LogP contribution in [-0.4, -0.2) is 39.3 Å². The predicted octanol–water partition coefficient (Wildman–Crippen LogP) is 1.32. The normalized spacial score (nSPS) is 12.2. The number of nitrogens with zero attached hydrogens (tertiary/aromatic N) is 1. The second kappa shape index (κ2) is 8.53. The highest BCUT2D eigenvalue weighted by Gasteiger charge is 2.17. The molecule has 6 nitrogen and oxygen atoms in total. The molecular formula is C14H27N3O3S. The van der Waals surface area contributed by atoms with Crippen molar-refractivity contribution in [3.8, 4) is 0 Å². The number of aryl methyl sites for hydroxylation is 1. The third kappa shape index (κ3) is 5.78. The van der Waals surface area contributed by atoms with Gasteiger partial charge in [0.05, 0.1) is 11.5 Å². The van der Waals surface area contributed by atoms with E-state index >= 15 is 0 Å². The number of aromatic nitrogens is 1. The lowest BCUT2D eigenvalue weighted by molar-refractivity contribution is 0.204. The molecular weight excluding hydrogens is 290 g/mol. The van der Waals surface area contributed by atoms with Gasteiger partial charge < -0.3 is 14.6 Å². The lowest BCUT2D eigenvalue weighted by Gasteiger charge is -2.10. The summed E-state index contributed by atoms with van der Waals surface area (Å²) in [6, 6.07) is 2.09. The summed E-state index contributed by atoms with van der Waals surface area (Å²) in [5.41, 5.74) is 0.984. The van der Waals surface area contributed by atoms with Gasteiger partial charge in [-0.2, -0.15) is 0 Å². The highest BCUT2D eigenvalue weighted by molar-refractivity contribution is 7.89. The smallest absolute Gasteiger partial charge is 0.242 e. The Morgan fingerprint density at radius 3 is 2.67 bits per heavy atom. The molecule has 0 aliphatic rings. The highest BCUT2D eigenvalue weighted by Crippen LogP contribution is 2.15. The van der Waals surface area contributed by atoms with Crippen LogP contribution < -0.4 is 10.0 Å². The zero-order valence-corrected chi connectivity index (χ0v) is 14.2. The van der Waals surface area contributed by atoms with Crippen LogP contribution in [0.15, 0.2) is 17.2 Å². The standard InChI is InChI=1S/C14H27N3O3S/c1-5-7-17-11-14(9-13(17)10-15-12(2)3)21(18,19)16-6-8-20-4/h9,11-12,15-16H,5-8,10H2,1-4H3. The zero-order chi connectivity index (χ0) is 15.9. The van der Waals surface area contributed by atoms with Gasteiger partial charge in [0.2, 0.25) is 10.0 Å². The van der Waals surface area contributed by atoms with Gasteiger partial charge in [0, 0.05) is 44.7 Å². The molecule has 0 atom stereocenters. The van der Waals surface area contributed by atoms with Gasteiger partial charge in [0.1, 0.15) is 0 Å². The number of ether oxygens (including phenoxy) is 1. The van der Waals surface area contributed by atoms with E-state index in [0.717, 1.165) is 18.7 Å². The lowest BCUT2D eigenvalue weighted by atomic mass is 10.3. The Hall–Kier alpha value is -0.890. The SMILES string of the molecule is CCCn1cc(S(=O)(=O)NCCOC)cc1CNC(C)C. The van der Waals surface area contributed by atoms with Gasteiger partial charge in [0.15, 0.2) is 0 Å². The summed E-state index contributed by atoms with van der Waals surface area (Å²) in [7, 11) is -1.93. The van der Waals surface area contributed by atoms with Crippen molar-refractivity contribution in [3.05, 3.63) is 18.0 Å². The summed E-state index contributed by atoms with van der Waals surface area (Å²) in [5, 5.41) is 3.32. The van der Waals surface area contributed by atoms with E-state index in [1.165, 1.54) is 0 Å². The van der Waals surface area contributed by atoms with Gasteiger partial charge in [-0.15, -0.1) is 0 Å². The van der Waals surface area contributed by atoms with Gasteiger partial charge in [-0.05, 0) is 12.5 Å². The van der Waals surface area contributed by atoms with Crippen LogP contribution in [0.2, 0.25) is 0 Å². The summed E-state index contributed by atoms with van der Waals surface area (Å²) in [4.78, 5) is 0.313. The number of nitrogens with one attached hydrogen (secondary N) is 2. The summed E-state index contributed by atoms with van der Waals surface area (Å²) in [5.74, 6) is 0. The maximum absolute atomic E-state index is 12.2. The molecule has 1 rings (SSSR count). The Kier molecular flexibility index (Phi) is 7.37. The summed E-state index contributed by atoms with van der Waals surface area (Å²) >= 11 is 0. The van der Waals surface area contributed by atoms with Crippen LogP contribution >= 0.6 is 0 Å². The summed E-state index contributed by atoms with van der Waals surface area (Å²) < 4.78 is 33.8. The second-order valence-corrected chi connectivity index (χ2v) is 7.05. The highest BCUT2D eigenvalue weighted by atomic mass is 32.2. The van der Waals surface area contributed by atoms with Gasteiger partial charge in [-0.3, -0.25) is 0 Å². The Morgan fingerprint density at radius 1 is 1.38 bits per heavy atom. The third-order valence-corrected chi connectivity index (χ3v) is 4.45. The monoisotopic (exact) mass is 317 g/mol. The first-order valence-corrected chi connectivity index (χ1v) is 8.80. The fraction of sp³-hybridized carbons (Fsp3) is 0.714. The average Bonchev–Trinajstić information content (AvgIpc) is 2.81. The summed E-state index contributed by atoms with van der Waals surface area (Å²) in [6.45, 7) is 8.31. The van der Waals surface area contributed by atoms with Crippen molar-refractivity contribution in [1.29, 1.82) is 0 Å². The quantitative estimate of drug-likeness (QED) is 0.639. The van der Waals surface area contributed by atoms with Gasteiger partial charge >= 0.3 is 0 Å². The maximum Gasteiger partial charge on any atom is 0.242 e. The van der Waals surface area contributed by atoms with Crippen LogP contribution in [0.5, 0.6) is 0 Å². The van der Waals surface area contributed by atoms with Crippen LogP contribution in [0, 0.1) is 0 Å². The fourth-order valence-electron chi connectivity index (χ4n) is 1.94. The Bertz CT molecular complexity index is 524. The maximum atomic E-state index is 12.2. The van der Waals surface area contributed by atoms with E-state index in [2.05, 4.69) is 30.8 Å². The molecule has 2 N–H and O–H groups in total. The first-order valence-electron chi connectivity index (χ1n) is 7.31. The third-order valence-electron chi connectivity index (χ3n) is 3.03. The largest absolute Gasteiger partial charge is 0.383 e. The number of hydrogen-bond acceptors (Lipinski definition) is 4. The van der Waals surface area contributed by atoms with Gasteiger partial charge in [-0.1, -0.05) is 20.8 Å². The van der Waals surface area contributed by atoms with Gasteiger partial charge in [0.25, 0.3) is 0 Å². The van der Waals surface area contributed by atoms with E-state index in [1.54, 1.807) is 19.4 Å². The lowest BCUT2D eigenvalue weighted by Crippen LogP contribution is -2.26. The van der Waals surface area contributed by atoms with Crippen LogP contribution in [0.3, 0.4) is 0 Å². The minimum Gasteiger partial charge on any atom is -0.383 e. The van der Waals surface area contributed by atoms with Crippen LogP contribution in [0.25, 0.3) is 0 Å². The number of hydrogen-bond donors (Lipinski definition) is 2. The molecule has 122 valence electrons. The molecule has 0 saturated carbocycles. The molecule has 0 radical (unpaired) electrons. The van der Waals surface area contributed by atoms with Crippen molar-refractivity contribution >= 4 is 10.0 Å². The Morgan fingerprint density at radius 2 is 2.10 bits per heavy atom.